The van der Waals surface area contributed by atoms with Gasteiger partial charge in [-0.1, -0.05) is 13.8 Å². The van der Waals surface area contributed by atoms with Crippen LogP contribution in [-0.2, 0) is 9.22 Å². The molecule has 1 amide bonds. The number of hydrogen-bond donors (Lipinski definition) is 1. The molecule has 0 aliphatic heterocycles. The van der Waals surface area contributed by atoms with Crippen LogP contribution in [0.4, 0.5) is 0 Å². The molecule has 17 heavy (non-hydrogen) atoms. The molecule has 0 spiro atoms. The first-order valence-corrected chi connectivity index (χ1v) is 10.5. The second-order valence-electron chi connectivity index (χ2n) is 5.60. The molecule has 0 aromatic heterocycles. The van der Waals surface area contributed by atoms with Gasteiger partial charge in [0.2, 0.25) is 5.91 Å². The van der Waals surface area contributed by atoms with Crippen LogP contribution >= 0.6 is 11.8 Å². The van der Waals surface area contributed by atoms with Crippen LogP contribution in [0.5, 0.6) is 0 Å². The summed E-state index contributed by atoms with van der Waals surface area (Å²) in [6.45, 7) is 11.2. The molecule has 0 fully saturated rings. The minimum Gasteiger partial charge on any atom is -0.418 e. The third-order valence-corrected chi connectivity index (χ3v) is 6.86. The third kappa shape index (κ3) is 7.84. The fraction of sp³-hybridized carbons (Fsp3) is 0.917. The zero-order chi connectivity index (χ0) is 13.5. The number of nitrogens with two attached hydrogens (primary N) is 1. The van der Waals surface area contributed by atoms with Gasteiger partial charge in [-0.05, 0) is 38.2 Å². The van der Waals surface area contributed by atoms with Crippen LogP contribution in [0, 0.1) is 5.41 Å². The van der Waals surface area contributed by atoms with Crippen molar-refractivity contribution in [3.05, 3.63) is 0 Å². The van der Waals surface area contributed by atoms with Gasteiger partial charge in [0.1, 0.15) is 0 Å². The standard InChI is InChI=1S/C12H27NO2SSi/c1-6-15-17(4,5)9-7-8-16-10-12(2,3)11(13)14/h6-10H2,1-5H3,(H2,13,14). The molecular formula is C12H27NO2SSi. The number of thioether (sulfide) groups is 1. The van der Waals surface area contributed by atoms with Crippen molar-refractivity contribution in [2.75, 3.05) is 18.1 Å². The molecule has 3 nitrogen and oxygen atoms in total. The summed E-state index contributed by atoms with van der Waals surface area (Å²) in [5.74, 6) is 1.67. The average Bonchev–Trinajstić information content (AvgIpc) is 2.16. The van der Waals surface area contributed by atoms with Crippen molar-refractivity contribution in [3.63, 3.8) is 0 Å². The molecular weight excluding hydrogens is 250 g/mol. The van der Waals surface area contributed by atoms with E-state index in [1.54, 1.807) is 0 Å². The Labute approximate surface area is 111 Å². The maximum absolute atomic E-state index is 11.1. The fourth-order valence-corrected chi connectivity index (χ4v) is 4.82. The van der Waals surface area contributed by atoms with E-state index in [4.69, 9.17) is 10.2 Å². The largest absolute Gasteiger partial charge is 0.418 e. The Morgan fingerprint density at radius 3 is 2.47 bits per heavy atom. The van der Waals surface area contributed by atoms with Crippen LogP contribution in [0.3, 0.4) is 0 Å². The molecule has 102 valence electrons. The van der Waals surface area contributed by atoms with Gasteiger partial charge in [-0.25, -0.2) is 0 Å². The highest BCUT2D eigenvalue weighted by molar-refractivity contribution is 7.99. The van der Waals surface area contributed by atoms with Crippen LogP contribution in [0.2, 0.25) is 19.1 Å². The Kier molecular flexibility index (Phi) is 7.43. The van der Waals surface area contributed by atoms with E-state index in [9.17, 15) is 4.79 Å². The maximum Gasteiger partial charge on any atom is 0.223 e. The topological polar surface area (TPSA) is 52.3 Å². The highest BCUT2D eigenvalue weighted by Gasteiger charge is 2.25. The second kappa shape index (κ2) is 7.44. The first-order chi connectivity index (χ1) is 7.71. The van der Waals surface area contributed by atoms with Gasteiger partial charge >= 0.3 is 0 Å². The molecule has 5 heteroatoms. The summed E-state index contributed by atoms with van der Waals surface area (Å²) in [6, 6.07) is 1.19. The minimum absolute atomic E-state index is 0.214. The Balaban J connectivity index is 3.70. The Hall–Kier alpha value is -0.00312. The summed E-state index contributed by atoms with van der Waals surface area (Å²) in [5.41, 5.74) is 4.94. The van der Waals surface area contributed by atoms with Crippen molar-refractivity contribution < 1.29 is 9.22 Å². The molecule has 0 aromatic rings. The predicted molar refractivity (Wildman–Crippen MR) is 78.8 cm³/mol. The van der Waals surface area contributed by atoms with Crippen molar-refractivity contribution in [1.29, 1.82) is 0 Å². The van der Waals surface area contributed by atoms with Gasteiger partial charge in [0.05, 0.1) is 5.41 Å². The molecule has 0 aliphatic carbocycles. The number of amides is 1. The van der Waals surface area contributed by atoms with Gasteiger partial charge in [-0.3, -0.25) is 4.79 Å². The van der Waals surface area contributed by atoms with Crippen molar-refractivity contribution in [2.24, 2.45) is 11.1 Å². The average molecular weight is 278 g/mol. The number of rotatable bonds is 9. The lowest BCUT2D eigenvalue weighted by atomic mass is 9.96. The van der Waals surface area contributed by atoms with E-state index in [0.717, 1.165) is 18.1 Å². The van der Waals surface area contributed by atoms with Crippen LogP contribution in [0.1, 0.15) is 27.2 Å². The fourth-order valence-electron chi connectivity index (χ4n) is 1.46. The first-order valence-electron chi connectivity index (χ1n) is 6.23. The molecule has 0 unspecified atom stereocenters. The summed E-state index contributed by atoms with van der Waals surface area (Å²) in [7, 11) is -1.43. The first kappa shape index (κ1) is 17.0. The summed E-state index contributed by atoms with van der Waals surface area (Å²) >= 11 is 1.81. The van der Waals surface area contributed by atoms with E-state index < -0.39 is 13.7 Å². The molecule has 2 N–H and O–H groups in total. The zero-order valence-electron chi connectivity index (χ0n) is 11.8. The molecule has 0 saturated carbocycles. The van der Waals surface area contributed by atoms with Crippen molar-refractivity contribution >= 4 is 26.0 Å². The molecule has 0 atom stereocenters. The van der Waals surface area contributed by atoms with E-state index in [1.807, 2.05) is 25.6 Å². The van der Waals surface area contributed by atoms with Crippen molar-refractivity contribution in [1.82, 2.24) is 0 Å². The van der Waals surface area contributed by atoms with Crippen LogP contribution in [-0.4, -0.2) is 32.3 Å². The summed E-state index contributed by atoms with van der Waals surface area (Å²) in [5, 5.41) is 0. The van der Waals surface area contributed by atoms with Crippen LogP contribution < -0.4 is 5.73 Å². The third-order valence-electron chi connectivity index (χ3n) is 2.73. The lowest BCUT2D eigenvalue weighted by Crippen LogP contribution is -2.33. The van der Waals surface area contributed by atoms with Gasteiger partial charge in [0, 0.05) is 12.4 Å². The number of hydrogen-bond acceptors (Lipinski definition) is 3. The van der Waals surface area contributed by atoms with Crippen molar-refractivity contribution in [2.45, 2.75) is 46.3 Å². The maximum atomic E-state index is 11.1. The van der Waals surface area contributed by atoms with Gasteiger partial charge < -0.3 is 10.2 Å². The number of primary amides is 1. The van der Waals surface area contributed by atoms with E-state index in [0.29, 0.717) is 0 Å². The normalized spacial score (nSPS) is 12.8. The molecule has 0 aliphatic rings. The number of carbonyl (C=O) groups excluding carboxylic acids is 1. The smallest absolute Gasteiger partial charge is 0.223 e. The molecule has 0 saturated heterocycles. The Bertz CT molecular complexity index is 245. The minimum atomic E-state index is -1.43. The number of carbonyl (C=O) groups is 1. The second-order valence-corrected chi connectivity index (χ2v) is 11.0. The van der Waals surface area contributed by atoms with Crippen molar-refractivity contribution in [3.8, 4) is 0 Å². The highest BCUT2D eigenvalue weighted by atomic mass is 32.2. The van der Waals surface area contributed by atoms with Crippen LogP contribution in [0.25, 0.3) is 0 Å². The lowest BCUT2D eigenvalue weighted by molar-refractivity contribution is -0.124. The van der Waals surface area contributed by atoms with Gasteiger partial charge in [0.15, 0.2) is 8.32 Å². The van der Waals surface area contributed by atoms with Gasteiger partial charge in [-0.15, -0.1) is 0 Å². The molecule has 0 radical (unpaired) electrons. The monoisotopic (exact) mass is 277 g/mol. The molecule has 0 bridgehead atoms. The molecule has 0 rings (SSSR count). The van der Waals surface area contributed by atoms with Gasteiger partial charge in [0.25, 0.3) is 0 Å². The Morgan fingerprint density at radius 2 is 2.00 bits per heavy atom. The van der Waals surface area contributed by atoms with Gasteiger partial charge in [-0.2, -0.15) is 11.8 Å². The quantitative estimate of drug-likeness (QED) is 0.521. The summed E-state index contributed by atoms with van der Waals surface area (Å²) in [4.78, 5) is 11.1. The van der Waals surface area contributed by atoms with E-state index in [2.05, 4.69) is 20.0 Å². The zero-order valence-corrected chi connectivity index (χ0v) is 13.7. The lowest BCUT2D eigenvalue weighted by Gasteiger charge is -2.22. The molecule has 0 heterocycles. The highest BCUT2D eigenvalue weighted by Crippen LogP contribution is 2.23. The summed E-state index contributed by atoms with van der Waals surface area (Å²) < 4.78 is 5.77. The molecule has 0 aromatic carbocycles. The van der Waals surface area contributed by atoms with Crippen LogP contribution in [0.15, 0.2) is 0 Å². The van der Waals surface area contributed by atoms with E-state index >= 15 is 0 Å². The van der Waals surface area contributed by atoms with E-state index in [-0.39, 0.29) is 5.91 Å². The summed E-state index contributed by atoms with van der Waals surface area (Å²) in [6.07, 6.45) is 1.17. The predicted octanol–water partition coefficient (Wildman–Crippen LogP) is 2.86. The Morgan fingerprint density at radius 1 is 1.41 bits per heavy atom. The SMILES string of the molecule is CCO[Si](C)(C)CCCSCC(C)(C)C(N)=O. The van der Waals surface area contributed by atoms with E-state index in [1.165, 1.54) is 12.5 Å².